The molecule has 5 nitrogen and oxygen atoms in total. The largest absolute Gasteiger partial charge is 0.469 e. The molecule has 0 radical (unpaired) electrons. The fraction of sp³-hybridized carbons (Fsp3) is 0.636. The zero-order chi connectivity index (χ0) is 12.0. The molecular formula is C11H18N2O3. The number of aromatic nitrogens is 1. The number of carbonyl (C=O) groups is 1. The highest BCUT2D eigenvalue weighted by Gasteiger charge is 2.09. The summed E-state index contributed by atoms with van der Waals surface area (Å²) in [6.07, 6.45) is 0.404. The molecule has 0 aliphatic heterocycles. The minimum absolute atomic E-state index is 0.185. The molecule has 0 saturated carbocycles. The Bertz CT molecular complexity index is 336. The number of methoxy groups -OCH3 is 1. The molecule has 1 aromatic rings. The van der Waals surface area contributed by atoms with E-state index in [9.17, 15) is 4.79 Å². The lowest BCUT2D eigenvalue weighted by Crippen LogP contribution is -2.26. The SMILES string of the molecule is CCN(CCC(=O)OC)Cc1cc(C)on1. The van der Waals surface area contributed by atoms with Crippen LogP contribution in [0.25, 0.3) is 0 Å². The average Bonchev–Trinajstić information content (AvgIpc) is 2.69. The van der Waals surface area contributed by atoms with Gasteiger partial charge in [-0.05, 0) is 13.5 Å². The second-order valence-corrected chi connectivity index (χ2v) is 3.62. The van der Waals surface area contributed by atoms with Crippen molar-refractivity contribution < 1.29 is 14.1 Å². The first-order valence-corrected chi connectivity index (χ1v) is 5.37. The van der Waals surface area contributed by atoms with Gasteiger partial charge >= 0.3 is 5.97 Å². The molecule has 0 aliphatic rings. The summed E-state index contributed by atoms with van der Waals surface area (Å²) in [6.45, 7) is 6.15. The molecular weight excluding hydrogens is 208 g/mol. The van der Waals surface area contributed by atoms with Crippen LogP contribution in [0.15, 0.2) is 10.6 Å². The van der Waals surface area contributed by atoms with E-state index in [0.717, 1.165) is 18.0 Å². The lowest BCUT2D eigenvalue weighted by atomic mass is 10.3. The monoisotopic (exact) mass is 226 g/mol. The third-order valence-corrected chi connectivity index (χ3v) is 2.37. The number of hydrogen-bond acceptors (Lipinski definition) is 5. The Kier molecular flexibility index (Phi) is 4.98. The van der Waals surface area contributed by atoms with E-state index in [1.807, 2.05) is 19.9 Å². The van der Waals surface area contributed by atoms with E-state index in [1.54, 1.807) is 0 Å². The molecule has 0 fully saturated rings. The summed E-state index contributed by atoms with van der Waals surface area (Å²) in [5.74, 6) is 0.619. The first kappa shape index (κ1) is 12.7. The zero-order valence-corrected chi connectivity index (χ0v) is 10.0. The first-order chi connectivity index (χ1) is 7.65. The van der Waals surface area contributed by atoms with Crippen molar-refractivity contribution in [2.24, 2.45) is 0 Å². The fourth-order valence-corrected chi connectivity index (χ4v) is 1.42. The lowest BCUT2D eigenvalue weighted by Gasteiger charge is -2.17. The molecule has 0 N–H and O–H groups in total. The van der Waals surface area contributed by atoms with Crippen molar-refractivity contribution in [3.63, 3.8) is 0 Å². The van der Waals surface area contributed by atoms with Crippen LogP contribution in [0.5, 0.6) is 0 Å². The van der Waals surface area contributed by atoms with Crippen molar-refractivity contribution in [1.29, 1.82) is 0 Å². The highest BCUT2D eigenvalue weighted by Crippen LogP contribution is 2.06. The van der Waals surface area contributed by atoms with Crippen LogP contribution in [0.2, 0.25) is 0 Å². The molecule has 0 unspecified atom stereocenters. The molecule has 0 saturated heterocycles. The number of esters is 1. The molecule has 0 aliphatic carbocycles. The summed E-state index contributed by atoms with van der Waals surface area (Å²) in [6, 6.07) is 1.90. The molecule has 0 amide bonds. The van der Waals surface area contributed by atoms with Gasteiger partial charge in [-0.25, -0.2) is 0 Å². The van der Waals surface area contributed by atoms with E-state index in [0.29, 0.717) is 19.5 Å². The van der Waals surface area contributed by atoms with Gasteiger partial charge in [-0.1, -0.05) is 12.1 Å². The lowest BCUT2D eigenvalue weighted by molar-refractivity contribution is -0.141. The molecule has 0 bridgehead atoms. The van der Waals surface area contributed by atoms with Gasteiger partial charge in [-0.2, -0.15) is 0 Å². The van der Waals surface area contributed by atoms with Gasteiger partial charge in [-0.3, -0.25) is 9.69 Å². The van der Waals surface area contributed by atoms with Crippen molar-refractivity contribution >= 4 is 5.97 Å². The van der Waals surface area contributed by atoms with Crippen LogP contribution >= 0.6 is 0 Å². The van der Waals surface area contributed by atoms with Crippen molar-refractivity contribution in [2.75, 3.05) is 20.2 Å². The summed E-state index contributed by atoms with van der Waals surface area (Å²) >= 11 is 0. The maximum absolute atomic E-state index is 11.0. The van der Waals surface area contributed by atoms with Gasteiger partial charge in [0.1, 0.15) is 5.76 Å². The van der Waals surface area contributed by atoms with Crippen molar-refractivity contribution in [1.82, 2.24) is 10.1 Å². The van der Waals surface area contributed by atoms with Gasteiger partial charge in [0.05, 0.1) is 19.2 Å². The standard InChI is InChI=1S/C11H18N2O3/c1-4-13(6-5-11(14)15-3)8-10-7-9(2)16-12-10/h7H,4-6,8H2,1-3H3. The van der Waals surface area contributed by atoms with E-state index in [2.05, 4.69) is 14.8 Å². The third-order valence-electron chi connectivity index (χ3n) is 2.37. The smallest absolute Gasteiger partial charge is 0.306 e. The van der Waals surface area contributed by atoms with Gasteiger partial charge in [0.2, 0.25) is 0 Å². The van der Waals surface area contributed by atoms with Crippen LogP contribution in [0.3, 0.4) is 0 Å². The molecule has 0 atom stereocenters. The Morgan fingerprint density at radius 2 is 2.38 bits per heavy atom. The van der Waals surface area contributed by atoms with E-state index in [-0.39, 0.29) is 5.97 Å². The second-order valence-electron chi connectivity index (χ2n) is 3.62. The van der Waals surface area contributed by atoms with Gasteiger partial charge in [0.25, 0.3) is 0 Å². The minimum Gasteiger partial charge on any atom is -0.469 e. The normalized spacial score (nSPS) is 10.8. The third kappa shape index (κ3) is 4.02. The zero-order valence-electron chi connectivity index (χ0n) is 10.0. The molecule has 16 heavy (non-hydrogen) atoms. The Morgan fingerprint density at radius 1 is 1.62 bits per heavy atom. The van der Waals surface area contributed by atoms with Crippen LogP contribution in [0.4, 0.5) is 0 Å². The summed E-state index contributed by atoms with van der Waals surface area (Å²) < 4.78 is 9.59. The van der Waals surface area contributed by atoms with Crippen molar-refractivity contribution in [3.8, 4) is 0 Å². The molecule has 0 spiro atoms. The van der Waals surface area contributed by atoms with Gasteiger partial charge < -0.3 is 9.26 Å². The van der Waals surface area contributed by atoms with Gasteiger partial charge in [-0.15, -0.1) is 0 Å². The Labute approximate surface area is 95.4 Å². The highest BCUT2D eigenvalue weighted by atomic mass is 16.5. The maximum atomic E-state index is 11.0. The van der Waals surface area contributed by atoms with Crippen LogP contribution in [0.1, 0.15) is 24.8 Å². The number of carbonyl (C=O) groups excluding carboxylic acids is 1. The molecule has 0 aromatic carbocycles. The predicted octanol–water partition coefficient (Wildman–Crippen LogP) is 1.37. The number of aryl methyl sites for hydroxylation is 1. The Morgan fingerprint density at radius 3 is 2.88 bits per heavy atom. The molecule has 1 aromatic heterocycles. The molecule has 1 rings (SSSR count). The molecule has 5 heteroatoms. The van der Waals surface area contributed by atoms with Crippen LogP contribution in [0, 0.1) is 6.92 Å². The van der Waals surface area contributed by atoms with E-state index >= 15 is 0 Å². The first-order valence-electron chi connectivity index (χ1n) is 5.37. The average molecular weight is 226 g/mol. The van der Waals surface area contributed by atoms with Crippen LogP contribution < -0.4 is 0 Å². The Balaban J connectivity index is 2.40. The van der Waals surface area contributed by atoms with Crippen LogP contribution in [-0.2, 0) is 16.1 Å². The van der Waals surface area contributed by atoms with Crippen LogP contribution in [-0.4, -0.2) is 36.2 Å². The summed E-state index contributed by atoms with van der Waals surface area (Å²) in [7, 11) is 1.40. The number of nitrogens with zero attached hydrogens (tertiary/aromatic N) is 2. The number of rotatable bonds is 6. The summed E-state index contributed by atoms with van der Waals surface area (Å²) in [4.78, 5) is 13.1. The number of ether oxygens (including phenoxy) is 1. The van der Waals surface area contributed by atoms with Gasteiger partial charge in [0, 0.05) is 19.2 Å². The summed E-state index contributed by atoms with van der Waals surface area (Å²) in [5.41, 5.74) is 0.893. The van der Waals surface area contributed by atoms with E-state index < -0.39 is 0 Å². The molecule has 90 valence electrons. The quantitative estimate of drug-likeness (QED) is 0.686. The summed E-state index contributed by atoms with van der Waals surface area (Å²) in [5, 5.41) is 3.92. The Hall–Kier alpha value is -1.36. The fourth-order valence-electron chi connectivity index (χ4n) is 1.42. The predicted molar refractivity (Wildman–Crippen MR) is 58.8 cm³/mol. The minimum atomic E-state index is -0.185. The van der Waals surface area contributed by atoms with E-state index in [1.165, 1.54) is 7.11 Å². The maximum Gasteiger partial charge on any atom is 0.306 e. The van der Waals surface area contributed by atoms with Crippen molar-refractivity contribution in [3.05, 3.63) is 17.5 Å². The van der Waals surface area contributed by atoms with E-state index in [4.69, 9.17) is 4.52 Å². The van der Waals surface area contributed by atoms with Crippen molar-refractivity contribution in [2.45, 2.75) is 26.8 Å². The number of hydrogen-bond donors (Lipinski definition) is 0. The molecule has 1 heterocycles. The topological polar surface area (TPSA) is 55.6 Å². The highest BCUT2D eigenvalue weighted by molar-refractivity contribution is 5.69. The van der Waals surface area contributed by atoms with Gasteiger partial charge in [0.15, 0.2) is 0 Å². The second kappa shape index (κ2) is 6.27.